The van der Waals surface area contributed by atoms with Crippen molar-refractivity contribution in [3.8, 4) is 5.75 Å². The second-order valence-electron chi connectivity index (χ2n) is 12.2. The number of halogens is 2. The Kier molecular flexibility index (Phi) is 16.8. The standard InChI is InChI=1S/C25H31ClN2O6.C8H16N2O3.CH3Cl/c1-15-6-4-5-9-25(31)14-17(33-24(30)27-25)13-20-19(34-20)7-8-22(29)28(2)18-11-16(10-15)12-21(32-3)23(18)26;1-6(8(12)13)10(2)7(11)4-3-5-9;1-2/h4-6,11-12,17,19-20,31H,7-10,13-14H2,1-3H3,(H,27,30);6H,3-5,9H2,1-2H3,(H,12,13);1H3/b5-4+,15-6+;;/t17?,19?,20?,25-;6-;/m10./s1. The van der Waals surface area contributed by atoms with Gasteiger partial charge in [-0.15, -0.1) is 11.6 Å². The average molecular weight is 730 g/mol. The van der Waals surface area contributed by atoms with E-state index >= 15 is 0 Å². The van der Waals surface area contributed by atoms with Crippen LogP contribution in [-0.4, -0.2) is 103 Å². The van der Waals surface area contributed by atoms with Crippen molar-refractivity contribution in [3.05, 3.63) is 46.5 Å². The molecule has 3 aliphatic heterocycles. The molecule has 2 saturated heterocycles. The molecule has 0 saturated carbocycles. The minimum atomic E-state index is -1.37. The zero-order valence-corrected chi connectivity index (χ0v) is 30.6. The quantitative estimate of drug-likeness (QED) is 0.242. The molecule has 0 radical (unpaired) electrons. The Morgan fingerprint density at radius 1 is 1.27 bits per heavy atom. The monoisotopic (exact) mass is 728 g/mol. The van der Waals surface area contributed by atoms with Crippen molar-refractivity contribution >= 4 is 52.8 Å². The van der Waals surface area contributed by atoms with Crippen molar-refractivity contribution in [3.63, 3.8) is 0 Å². The van der Waals surface area contributed by atoms with Gasteiger partial charge in [-0.1, -0.05) is 35.4 Å². The van der Waals surface area contributed by atoms with E-state index in [1.807, 2.05) is 37.3 Å². The van der Waals surface area contributed by atoms with Crippen molar-refractivity contribution in [1.82, 2.24) is 10.2 Å². The number of nitrogens with zero attached hydrogens (tertiary/aromatic N) is 2. The van der Waals surface area contributed by atoms with E-state index in [-0.39, 0.29) is 36.9 Å². The summed E-state index contributed by atoms with van der Waals surface area (Å²) in [5.41, 5.74) is 6.48. The SMILES string of the molecule is CCl.COc1cc2cc(c1Cl)N(C)C(=O)CCC1OC1CC1C[C@](O)(C/C=C/C=C(\C)C2)NC(=O)O1.C[C@@H](C(=O)O)N(C)C(=O)CCCN. The Hall–Kier alpha value is -3.36. The number of alkyl carbamates (subject to hydrolysis) is 1. The first kappa shape index (κ1) is 41.8. The summed E-state index contributed by atoms with van der Waals surface area (Å²) in [6, 6.07) is 3.01. The highest BCUT2D eigenvalue weighted by molar-refractivity contribution is 6.35. The molecule has 0 aliphatic carbocycles. The topological polar surface area (TPSA) is 184 Å². The molecule has 3 amide bonds. The molecule has 13 nitrogen and oxygen atoms in total. The minimum Gasteiger partial charge on any atom is -0.495 e. The first-order valence-corrected chi connectivity index (χ1v) is 17.2. The number of amides is 3. The van der Waals surface area contributed by atoms with Crippen LogP contribution in [0.15, 0.2) is 35.9 Å². The lowest BCUT2D eigenvalue weighted by molar-refractivity contribution is -0.148. The summed E-state index contributed by atoms with van der Waals surface area (Å²) < 4.78 is 16.5. The third-order valence-corrected chi connectivity index (χ3v) is 8.80. The number of benzene rings is 1. The number of carboxylic acid groups (broad SMARTS) is 1. The lowest BCUT2D eigenvalue weighted by Crippen LogP contribution is -2.56. The number of nitrogens with two attached hydrogens (primary N) is 1. The second-order valence-corrected chi connectivity index (χ2v) is 12.6. The van der Waals surface area contributed by atoms with Gasteiger partial charge in [0.2, 0.25) is 11.8 Å². The normalized spacial score (nSPS) is 26.0. The molecule has 0 aromatic heterocycles. The molecular weight excluding hydrogens is 679 g/mol. The summed E-state index contributed by atoms with van der Waals surface area (Å²) in [7, 11) is 4.75. The number of hydrogen-bond acceptors (Lipinski definition) is 9. The highest BCUT2D eigenvalue weighted by Gasteiger charge is 2.45. The number of nitrogens with one attached hydrogen (secondary N) is 1. The van der Waals surface area contributed by atoms with Gasteiger partial charge in [0, 0.05) is 52.6 Å². The highest BCUT2D eigenvalue weighted by atomic mass is 35.5. The zero-order valence-electron chi connectivity index (χ0n) is 29.0. The summed E-state index contributed by atoms with van der Waals surface area (Å²) in [6.45, 7) is 3.92. The smallest absolute Gasteiger partial charge is 0.409 e. The number of carbonyl (C=O) groups excluding carboxylic acids is 3. The predicted octanol–water partition coefficient (Wildman–Crippen LogP) is 4.40. The van der Waals surface area contributed by atoms with Crippen LogP contribution in [0.5, 0.6) is 5.75 Å². The highest BCUT2D eigenvalue weighted by Crippen LogP contribution is 2.38. The number of carbonyl (C=O) groups is 4. The summed E-state index contributed by atoms with van der Waals surface area (Å²) in [5.74, 6) is -0.742. The summed E-state index contributed by atoms with van der Waals surface area (Å²) in [6.07, 6.45) is 9.23. The fraction of sp³-hybridized carbons (Fsp3) is 0.588. The van der Waals surface area contributed by atoms with Gasteiger partial charge in [0.25, 0.3) is 0 Å². The predicted molar refractivity (Wildman–Crippen MR) is 188 cm³/mol. The Morgan fingerprint density at radius 2 is 1.96 bits per heavy atom. The van der Waals surface area contributed by atoms with Crippen LogP contribution in [0, 0.1) is 0 Å². The van der Waals surface area contributed by atoms with Gasteiger partial charge in [0.15, 0.2) is 0 Å². The van der Waals surface area contributed by atoms with Crippen molar-refractivity contribution in [1.29, 1.82) is 0 Å². The molecule has 15 heteroatoms. The molecule has 2 fully saturated rings. The Bertz CT molecular complexity index is 1380. The van der Waals surface area contributed by atoms with E-state index in [1.165, 1.54) is 25.3 Å². The lowest BCUT2D eigenvalue weighted by atomic mass is 9.96. The number of hydrogen-bond donors (Lipinski definition) is 4. The minimum absolute atomic E-state index is 0.0777. The van der Waals surface area contributed by atoms with Gasteiger partial charge in [0.05, 0.1) is 25.0 Å². The molecule has 5 atom stereocenters. The molecule has 3 heterocycles. The molecule has 49 heavy (non-hydrogen) atoms. The van der Waals surface area contributed by atoms with E-state index in [1.54, 1.807) is 19.1 Å². The first-order chi connectivity index (χ1) is 23.2. The van der Waals surface area contributed by atoms with E-state index in [0.717, 1.165) is 11.1 Å². The maximum atomic E-state index is 12.9. The fourth-order valence-corrected chi connectivity index (χ4v) is 5.71. The number of rotatable bonds is 6. The van der Waals surface area contributed by atoms with Crippen LogP contribution < -0.4 is 20.7 Å². The number of aliphatic hydroxyl groups is 1. The number of allylic oxidation sites excluding steroid dienone is 3. The molecule has 3 aliphatic rings. The fourth-order valence-electron chi connectivity index (χ4n) is 5.39. The van der Waals surface area contributed by atoms with Crippen LogP contribution >= 0.6 is 23.2 Å². The molecule has 1 aromatic rings. The van der Waals surface area contributed by atoms with Gasteiger partial charge in [-0.2, -0.15) is 0 Å². The molecule has 0 spiro atoms. The average Bonchev–Trinajstić information content (AvgIpc) is 3.81. The second kappa shape index (κ2) is 19.7. The number of ether oxygens (including phenoxy) is 3. The number of epoxide rings is 1. The number of aliphatic carboxylic acids is 1. The molecular formula is C34H50Cl2N4O9. The Labute approximate surface area is 298 Å². The van der Waals surface area contributed by atoms with Crippen LogP contribution in [0.3, 0.4) is 0 Å². The number of likely N-dealkylation sites (N-methyl/N-ethyl adjacent to an activating group) is 1. The van der Waals surface area contributed by atoms with E-state index < -0.39 is 29.9 Å². The van der Waals surface area contributed by atoms with Gasteiger partial charge >= 0.3 is 12.1 Å². The Balaban J connectivity index is 0.000000470. The third kappa shape index (κ3) is 12.8. The first-order valence-electron chi connectivity index (χ1n) is 16.1. The molecule has 3 unspecified atom stereocenters. The van der Waals surface area contributed by atoms with Crippen molar-refractivity contribution < 1.29 is 43.6 Å². The largest absolute Gasteiger partial charge is 0.495 e. The summed E-state index contributed by atoms with van der Waals surface area (Å²) in [5, 5.41) is 22.4. The molecule has 1 aromatic carbocycles. The van der Waals surface area contributed by atoms with Crippen LogP contribution in [-0.2, 0) is 30.3 Å². The van der Waals surface area contributed by atoms with E-state index in [0.29, 0.717) is 61.5 Å². The number of methoxy groups -OCH3 is 1. The van der Waals surface area contributed by atoms with Gasteiger partial charge in [0.1, 0.15) is 28.6 Å². The van der Waals surface area contributed by atoms with E-state index in [4.69, 9.17) is 36.7 Å². The number of anilines is 1. The third-order valence-electron chi connectivity index (χ3n) is 8.42. The van der Waals surface area contributed by atoms with Crippen molar-refractivity contribution in [2.45, 2.75) is 95.3 Å². The van der Waals surface area contributed by atoms with Crippen LogP contribution in [0.4, 0.5) is 10.5 Å². The van der Waals surface area contributed by atoms with E-state index in [9.17, 15) is 24.3 Å². The van der Waals surface area contributed by atoms with Crippen molar-refractivity contribution in [2.24, 2.45) is 5.73 Å². The number of alkyl halides is 1. The van der Waals surface area contributed by atoms with Crippen molar-refractivity contribution in [2.75, 3.05) is 39.0 Å². The molecule has 4 bridgehead atoms. The summed E-state index contributed by atoms with van der Waals surface area (Å²) in [4.78, 5) is 49.5. The van der Waals surface area contributed by atoms with Gasteiger partial charge in [-0.25, -0.2) is 9.59 Å². The van der Waals surface area contributed by atoms with Crippen LogP contribution in [0.25, 0.3) is 0 Å². The lowest BCUT2D eigenvalue weighted by Gasteiger charge is -2.36. The van der Waals surface area contributed by atoms with Crippen LogP contribution in [0.1, 0.15) is 64.4 Å². The van der Waals surface area contributed by atoms with Crippen LogP contribution in [0.2, 0.25) is 5.02 Å². The molecule has 274 valence electrons. The maximum absolute atomic E-state index is 12.9. The van der Waals surface area contributed by atoms with Gasteiger partial charge < -0.3 is 40.0 Å². The van der Waals surface area contributed by atoms with E-state index in [2.05, 4.69) is 16.9 Å². The number of carboxylic acids is 1. The maximum Gasteiger partial charge on any atom is 0.409 e. The Morgan fingerprint density at radius 3 is 2.59 bits per heavy atom. The molecule has 5 N–H and O–H groups in total. The summed E-state index contributed by atoms with van der Waals surface area (Å²) >= 11 is 11.2. The van der Waals surface area contributed by atoms with Gasteiger partial charge in [-0.05, 0) is 57.4 Å². The zero-order chi connectivity index (χ0) is 36.9. The van der Waals surface area contributed by atoms with Gasteiger partial charge in [-0.3, -0.25) is 14.9 Å². The number of fused-ring (bicyclic) bond motifs is 5. The molecule has 4 rings (SSSR count).